The Morgan fingerprint density at radius 2 is 2.33 bits per heavy atom. The summed E-state index contributed by atoms with van der Waals surface area (Å²) in [5, 5.41) is 5.76. The van der Waals surface area contributed by atoms with Gasteiger partial charge in [-0.2, -0.15) is 5.10 Å². The summed E-state index contributed by atoms with van der Waals surface area (Å²) in [6.07, 6.45) is 4.42. The molecular formula is C14H18FN5O. The van der Waals surface area contributed by atoms with Gasteiger partial charge in [-0.3, -0.25) is 9.52 Å². The van der Waals surface area contributed by atoms with Crippen molar-refractivity contribution in [2.24, 2.45) is 7.05 Å². The van der Waals surface area contributed by atoms with Crippen molar-refractivity contribution < 1.29 is 9.23 Å². The van der Waals surface area contributed by atoms with Gasteiger partial charge >= 0.3 is 0 Å². The van der Waals surface area contributed by atoms with E-state index in [1.165, 1.54) is 0 Å². The molecule has 0 radical (unpaired) electrons. The minimum Gasteiger partial charge on any atom is -0.396 e. The van der Waals surface area contributed by atoms with Crippen LogP contribution in [0.4, 0.5) is 10.1 Å². The monoisotopic (exact) mass is 291 g/mol. The van der Waals surface area contributed by atoms with Crippen molar-refractivity contribution in [2.45, 2.75) is 13.0 Å². The number of hydrogen-bond acceptors (Lipinski definition) is 5. The molecule has 1 aromatic carbocycles. The third-order valence-corrected chi connectivity index (χ3v) is 3.39. The van der Waals surface area contributed by atoms with Gasteiger partial charge in [0, 0.05) is 37.5 Å². The number of nitrogen functional groups attached to an aromatic ring is 1. The number of nitrogens with zero attached hydrogens (tertiary/aromatic N) is 3. The van der Waals surface area contributed by atoms with Crippen LogP contribution in [0.2, 0.25) is 0 Å². The Kier molecular flexibility index (Phi) is 3.87. The molecule has 2 heterocycles. The van der Waals surface area contributed by atoms with Crippen LogP contribution in [0.3, 0.4) is 0 Å². The zero-order valence-corrected chi connectivity index (χ0v) is 11.8. The largest absolute Gasteiger partial charge is 0.396 e. The summed E-state index contributed by atoms with van der Waals surface area (Å²) in [5.74, 6) is -0.425. The van der Waals surface area contributed by atoms with E-state index in [0.717, 1.165) is 25.1 Å². The average Bonchev–Trinajstić information content (AvgIpc) is 3.11. The van der Waals surface area contributed by atoms with E-state index in [1.807, 2.05) is 0 Å². The fourth-order valence-corrected chi connectivity index (χ4v) is 2.33. The Hall–Kier alpha value is -1.96. The first-order valence-corrected chi connectivity index (χ1v) is 6.84. The highest BCUT2D eigenvalue weighted by atomic mass is 19.1. The molecule has 0 atom stereocenters. The van der Waals surface area contributed by atoms with Gasteiger partial charge in [0.1, 0.15) is 0 Å². The molecule has 2 aromatic rings. The van der Waals surface area contributed by atoms with Gasteiger partial charge in [-0.1, -0.05) is 0 Å². The lowest BCUT2D eigenvalue weighted by Gasteiger charge is -2.15. The molecular weight excluding hydrogens is 273 g/mol. The van der Waals surface area contributed by atoms with Gasteiger partial charge in [0.15, 0.2) is 5.82 Å². The third kappa shape index (κ3) is 3.05. The molecule has 21 heavy (non-hydrogen) atoms. The molecule has 0 unspecified atom stereocenters. The van der Waals surface area contributed by atoms with Gasteiger partial charge < -0.3 is 5.73 Å². The summed E-state index contributed by atoms with van der Waals surface area (Å²) < 4.78 is 15.8. The molecule has 1 aliphatic rings. The van der Waals surface area contributed by atoms with Crippen molar-refractivity contribution in [2.75, 3.05) is 18.8 Å². The quantitative estimate of drug-likeness (QED) is 0.835. The summed E-state index contributed by atoms with van der Waals surface area (Å²) in [7, 11) is 1.79. The normalized spacial score (nSPS) is 15.7. The van der Waals surface area contributed by atoms with E-state index in [0.29, 0.717) is 17.7 Å². The van der Waals surface area contributed by atoms with E-state index >= 15 is 0 Å². The van der Waals surface area contributed by atoms with Crippen LogP contribution < -0.4 is 11.2 Å². The first-order valence-electron chi connectivity index (χ1n) is 6.84. The predicted octanol–water partition coefficient (Wildman–Crippen LogP) is 1.45. The third-order valence-electron chi connectivity index (χ3n) is 3.39. The minimum atomic E-state index is -0.425. The van der Waals surface area contributed by atoms with Gasteiger partial charge in [-0.05, 0) is 24.1 Å². The van der Waals surface area contributed by atoms with Crippen LogP contribution in [0.25, 0.3) is 11.1 Å². The lowest BCUT2D eigenvalue weighted by atomic mass is 10.0. The molecule has 1 saturated heterocycles. The highest BCUT2D eigenvalue weighted by Gasteiger charge is 2.15. The molecule has 1 aromatic heterocycles. The molecule has 6 nitrogen and oxygen atoms in total. The molecule has 3 N–H and O–H groups in total. The number of hydrogen-bond donors (Lipinski definition) is 2. The van der Waals surface area contributed by atoms with E-state index in [2.05, 4.69) is 10.5 Å². The number of aromatic nitrogens is 2. The molecule has 7 heteroatoms. The minimum absolute atomic E-state index is 0.115. The molecule has 3 rings (SSSR count). The number of nitrogens with two attached hydrogens (primary N) is 1. The average molecular weight is 291 g/mol. The summed E-state index contributed by atoms with van der Waals surface area (Å²) in [6, 6.07) is 3.35. The van der Waals surface area contributed by atoms with E-state index in [9.17, 15) is 4.39 Å². The lowest BCUT2D eigenvalue weighted by Crippen LogP contribution is -2.30. The maximum absolute atomic E-state index is 14.2. The maximum Gasteiger partial charge on any atom is 0.154 e. The van der Waals surface area contributed by atoms with E-state index in [4.69, 9.17) is 10.6 Å². The van der Waals surface area contributed by atoms with Crippen molar-refractivity contribution in [3.8, 4) is 11.1 Å². The molecule has 0 amide bonds. The predicted molar refractivity (Wildman–Crippen MR) is 77.1 cm³/mol. The van der Waals surface area contributed by atoms with Crippen molar-refractivity contribution in [1.82, 2.24) is 20.4 Å². The Morgan fingerprint density at radius 1 is 1.48 bits per heavy atom. The number of rotatable bonds is 4. The molecule has 0 saturated carbocycles. The number of nitrogens with one attached hydrogen (secondary N) is 1. The fourth-order valence-electron chi connectivity index (χ4n) is 2.33. The van der Waals surface area contributed by atoms with Crippen LogP contribution in [0.5, 0.6) is 0 Å². The fraction of sp³-hybridized carbons (Fsp3) is 0.357. The Balaban J connectivity index is 1.83. The van der Waals surface area contributed by atoms with Gasteiger partial charge in [-0.25, -0.2) is 9.82 Å². The zero-order valence-electron chi connectivity index (χ0n) is 11.8. The summed E-state index contributed by atoms with van der Waals surface area (Å²) in [4.78, 5) is 5.60. The van der Waals surface area contributed by atoms with E-state index in [-0.39, 0.29) is 5.69 Å². The molecule has 0 spiro atoms. The van der Waals surface area contributed by atoms with E-state index < -0.39 is 5.82 Å². The topological polar surface area (TPSA) is 68.3 Å². The second-order valence-electron chi connectivity index (χ2n) is 5.09. The van der Waals surface area contributed by atoms with Crippen molar-refractivity contribution in [1.29, 1.82) is 0 Å². The van der Waals surface area contributed by atoms with Gasteiger partial charge in [0.2, 0.25) is 0 Å². The number of anilines is 1. The smallest absolute Gasteiger partial charge is 0.154 e. The first-order chi connectivity index (χ1) is 10.1. The maximum atomic E-state index is 14.2. The second-order valence-corrected chi connectivity index (χ2v) is 5.09. The Morgan fingerprint density at radius 3 is 3.00 bits per heavy atom. The van der Waals surface area contributed by atoms with Gasteiger partial charge in [0.05, 0.1) is 18.5 Å². The number of benzene rings is 1. The second kappa shape index (κ2) is 5.80. The molecule has 0 aliphatic carbocycles. The van der Waals surface area contributed by atoms with Crippen LogP contribution in [-0.4, -0.2) is 28.0 Å². The van der Waals surface area contributed by atoms with E-state index in [1.54, 1.807) is 41.4 Å². The van der Waals surface area contributed by atoms with Gasteiger partial charge in [-0.15, -0.1) is 5.17 Å². The summed E-state index contributed by atoms with van der Waals surface area (Å²) in [6.45, 7) is 2.09. The molecule has 112 valence electrons. The van der Waals surface area contributed by atoms with Crippen molar-refractivity contribution in [3.63, 3.8) is 0 Å². The first kappa shape index (κ1) is 14.0. The molecule has 0 bridgehead atoms. The molecule has 1 aliphatic heterocycles. The highest BCUT2D eigenvalue weighted by molar-refractivity contribution is 5.68. The Bertz CT molecular complexity index is 636. The van der Waals surface area contributed by atoms with Crippen LogP contribution in [0.1, 0.15) is 12.0 Å². The number of aryl methyl sites for hydroxylation is 1. The van der Waals surface area contributed by atoms with Crippen LogP contribution >= 0.6 is 0 Å². The van der Waals surface area contributed by atoms with Crippen LogP contribution in [-0.2, 0) is 18.5 Å². The van der Waals surface area contributed by atoms with Crippen molar-refractivity contribution >= 4 is 5.69 Å². The Labute approximate surface area is 122 Å². The lowest BCUT2D eigenvalue weighted by molar-refractivity contribution is -0.186. The highest BCUT2D eigenvalue weighted by Crippen LogP contribution is 2.28. The number of hydrazine groups is 1. The van der Waals surface area contributed by atoms with Crippen LogP contribution in [0, 0.1) is 5.82 Å². The number of halogens is 1. The zero-order chi connectivity index (χ0) is 14.8. The van der Waals surface area contributed by atoms with Crippen molar-refractivity contribution in [3.05, 3.63) is 35.9 Å². The van der Waals surface area contributed by atoms with Gasteiger partial charge in [0.25, 0.3) is 0 Å². The van der Waals surface area contributed by atoms with Crippen LogP contribution in [0.15, 0.2) is 24.5 Å². The summed E-state index contributed by atoms with van der Waals surface area (Å²) >= 11 is 0. The molecule has 1 fully saturated rings. The standard InChI is InChI=1S/C14H18FN5O/c1-19-8-11(7-18-19)12-5-10(6-13(16)14(12)15)9-21-20-4-2-3-17-20/h5-8,17H,2-4,9,16H2,1H3. The number of hydroxylamine groups is 1. The SMILES string of the molecule is Cn1cc(-c2cc(CON3CCCN3)cc(N)c2F)cn1. The summed E-state index contributed by atoms with van der Waals surface area (Å²) in [5.41, 5.74) is 10.9.